The van der Waals surface area contributed by atoms with Crippen molar-refractivity contribution in [1.29, 1.82) is 0 Å². The Labute approximate surface area is 217 Å². The zero-order valence-corrected chi connectivity index (χ0v) is 22.3. The Kier molecular flexibility index (Phi) is 7.50. The number of carbonyl (C=O) groups is 2. The maximum absolute atomic E-state index is 13.4. The molecule has 1 aromatic heterocycles. The maximum Gasteiger partial charge on any atom is 0.435 e. The molecule has 0 saturated carbocycles. The van der Waals surface area contributed by atoms with Gasteiger partial charge in [-0.25, -0.2) is 18.0 Å². The summed E-state index contributed by atoms with van der Waals surface area (Å²) in [4.78, 5) is 26.8. The summed E-state index contributed by atoms with van der Waals surface area (Å²) in [5, 5.41) is 8.45. The molecule has 12 heteroatoms. The van der Waals surface area contributed by atoms with Crippen molar-refractivity contribution in [1.82, 2.24) is 20.0 Å². The molecule has 4 rings (SSSR count). The van der Waals surface area contributed by atoms with Crippen LogP contribution in [0.25, 0.3) is 10.8 Å². The van der Waals surface area contributed by atoms with Gasteiger partial charge in [-0.3, -0.25) is 4.72 Å². The number of urea groups is 1. The molecule has 35 heavy (non-hydrogen) atoms. The van der Waals surface area contributed by atoms with Crippen molar-refractivity contribution < 1.29 is 22.7 Å². The second-order valence-electron chi connectivity index (χ2n) is 8.02. The van der Waals surface area contributed by atoms with Gasteiger partial charge >= 0.3 is 12.1 Å². The van der Waals surface area contributed by atoms with E-state index in [2.05, 4.69) is 37.7 Å². The molecule has 0 atom stereocenters. The van der Waals surface area contributed by atoms with E-state index in [0.29, 0.717) is 23.2 Å². The summed E-state index contributed by atoms with van der Waals surface area (Å²) >= 11 is 2.16. The van der Waals surface area contributed by atoms with Crippen LogP contribution in [-0.2, 0) is 27.8 Å². The minimum atomic E-state index is -4.06. The first-order valence-electron chi connectivity index (χ1n) is 11.3. The third-order valence-electron chi connectivity index (χ3n) is 5.66. The fourth-order valence-corrected chi connectivity index (χ4v) is 5.88. The van der Waals surface area contributed by atoms with Crippen molar-refractivity contribution >= 4 is 61.3 Å². The molecule has 3 aromatic rings. The summed E-state index contributed by atoms with van der Waals surface area (Å²) < 4.78 is 36.5. The van der Waals surface area contributed by atoms with Crippen LogP contribution in [0.3, 0.4) is 0 Å². The summed E-state index contributed by atoms with van der Waals surface area (Å²) in [5.41, 5.74) is 0.876. The molecule has 186 valence electrons. The van der Waals surface area contributed by atoms with Crippen molar-refractivity contribution in [3.63, 3.8) is 0 Å². The van der Waals surface area contributed by atoms with Gasteiger partial charge in [-0.2, -0.15) is 4.68 Å². The number of nitrogens with one attached hydrogen (secondary N) is 2. The fraction of sp³-hybridized carbons (Fsp3) is 0.348. The van der Waals surface area contributed by atoms with Gasteiger partial charge in [-0.15, -0.1) is 5.10 Å². The predicted octanol–water partition coefficient (Wildman–Crippen LogP) is 4.27. The van der Waals surface area contributed by atoms with Crippen molar-refractivity contribution in [3.05, 3.63) is 51.2 Å². The monoisotopic (exact) mass is 611 g/mol. The van der Waals surface area contributed by atoms with Gasteiger partial charge in [0.2, 0.25) is 0 Å². The summed E-state index contributed by atoms with van der Waals surface area (Å²) in [6.07, 6.45) is 1.05. The lowest BCUT2D eigenvalue weighted by molar-refractivity contribution is 0.148. The number of unbranched alkanes of at least 4 members (excludes halogenated alkanes) is 1. The van der Waals surface area contributed by atoms with E-state index >= 15 is 0 Å². The zero-order valence-electron chi connectivity index (χ0n) is 19.4. The number of amides is 2. The maximum atomic E-state index is 13.4. The normalized spacial score (nSPS) is 13.1. The Morgan fingerprint density at radius 3 is 2.60 bits per heavy atom. The second-order valence-corrected chi connectivity index (χ2v) is 10.8. The van der Waals surface area contributed by atoms with Gasteiger partial charge < -0.3 is 15.0 Å². The lowest BCUT2D eigenvalue weighted by Gasteiger charge is -2.17. The first kappa shape index (κ1) is 25.2. The van der Waals surface area contributed by atoms with E-state index in [0.717, 1.165) is 26.5 Å². The first-order chi connectivity index (χ1) is 16.8. The van der Waals surface area contributed by atoms with Crippen LogP contribution in [-0.4, -0.2) is 48.4 Å². The van der Waals surface area contributed by atoms with Crippen LogP contribution in [0.15, 0.2) is 41.3 Å². The van der Waals surface area contributed by atoms with Crippen molar-refractivity contribution in [2.45, 2.75) is 44.7 Å². The molecule has 1 aliphatic rings. The van der Waals surface area contributed by atoms with Crippen LogP contribution in [0, 0.1) is 3.57 Å². The van der Waals surface area contributed by atoms with Crippen LogP contribution < -0.4 is 10.0 Å². The number of halogens is 1. The van der Waals surface area contributed by atoms with E-state index in [4.69, 9.17) is 4.74 Å². The summed E-state index contributed by atoms with van der Waals surface area (Å²) in [7, 11) is -4.06. The minimum absolute atomic E-state index is 0.000424. The Bertz CT molecular complexity index is 1390. The highest BCUT2D eigenvalue weighted by Gasteiger charge is 2.34. The largest absolute Gasteiger partial charge is 0.448 e. The molecule has 0 aliphatic carbocycles. The van der Waals surface area contributed by atoms with Gasteiger partial charge in [-0.1, -0.05) is 37.6 Å². The number of hydrogen-bond acceptors (Lipinski definition) is 6. The third-order valence-corrected chi connectivity index (χ3v) is 8.00. The van der Waals surface area contributed by atoms with Crippen LogP contribution in [0.2, 0.25) is 0 Å². The highest BCUT2D eigenvalue weighted by molar-refractivity contribution is 14.1. The van der Waals surface area contributed by atoms with Gasteiger partial charge in [0.1, 0.15) is 0 Å². The molecule has 2 amide bonds. The minimum Gasteiger partial charge on any atom is -0.448 e. The smallest absolute Gasteiger partial charge is 0.435 e. The van der Waals surface area contributed by atoms with Crippen molar-refractivity contribution in [2.75, 3.05) is 17.9 Å². The van der Waals surface area contributed by atoms with E-state index in [9.17, 15) is 18.0 Å². The average molecular weight is 611 g/mol. The number of aromatic nitrogens is 2. The average Bonchev–Trinajstić information content (AvgIpc) is 3.40. The third kappa shape index (κ3) is 5.08. The molecular weight excluding hydrogens is 585 g/mol. The molecule has 2 aromatic carbocycles. The highest BCUT2D eigenvalue weighted by Crippen LogP contribution is 2.33. The molecule has 0 radical (unpaired) electrons. The first-order valence-corrected chi connectivity index (χ1v) is 13.8. The van der Waals surface area contributed by atoms with Gasteiger partial charge in [-0.05, 0) is 53.5 Å². The Hall–Kier alpha value is -2.87. The number of carbonyl (C=O) groups excluding carboxylic acids is 2. The summed E-state index contributed by atoms with van der Waals surface area (Å²) in [6.45, 7) is 4.57. The number of fused-ring (bicyclic) bond motifs is 2. The van der Waals surface area contributed by atoms with Crippen LogP contribution in [0.4, 0.5) is 15.4 Å². The number of hydrogen-bond donors (Lipinski definition) is 2. The standard InChI is InChI=1S/C23H26IN5O5S/c1-3-5-12-25-22(30)28-13-17-19(14-28)29(23(31)34-4-2)26-21(17)27-35(32,33)20-11-7-8-15-16(20)9-6-10-18(15)24/h6-11H,3-5,12-14H2,1-2H3,(H,25,30)(H,26,27). The molecule has 2 N–H and O–H groups in total. The van der Waals surface area contributed by atoms with Gasteiger partial charge in [0.05, 0.1) is 30.3 Å². The van der Waals surface area contributed by atoms with E-state index in [1.165, 1.54) is 11.0 Å². The Balaban J connectivity index is 1.69. The predicted molar refractivity (Wildman–Crippen MR) is 140 cm³/mol. The van der Waals surface area contributed by atoms with Crippen molar-refractivity contribution in [3.8, 4) is 0 Å². The number of ether oxygens (including phenoxy) is 1. The molecule has 0 saturated heterocycles. The molecule has 1 aliphatic heterocycles. The van der Waals surface area contributed by atoms with E-state index in [-0.39, 0.29) is 36.4 Å². The molecule has 0 fully saturated rings. The topological polar surface area (TPSA) is 123 Å². The molecule has 10 nitrogen and oxygen atoms in total. The number of anilines is 1. The Morgan fingerprint density at radius 1 is 1.11 bits per heavy atom. The van der Waals surface area contributed by atoms with Crippen molar-refractivity contribution in [2.24, 2.45) is 0 Å². The SMILES string of the molecule is CCCCNC(=O)N1Cc2c(NS(=O)(=O)c3cccc4c(I)cccc34)nn(C(=O)OCC)c2C1. The lowest BCUT2D eigenvalue weighted by Crippen LogP contribution is -2.37. The number of benzene rings is 2. The highest BCUT2D eigenvalue weighted by atomic mass is 127. The zero-order chi connectivity index (χ0) is 25.2. The Morgan fingerprint density at radius 2 is 1.86 bits per heavy atom. The molecule has 0 bridgehead atoms. The molecule has 0 unspecified atom stereocenters. The van der Waals surface area contributed by atoms with Gasteiger partial charge in [0, 0.05) is 21.1 Å². The van der Waals surface area contributed by atoms with E-state index in [1.807, 2.05) is 19.1 Å². The molecule has 0 spiro atoms. The van der Waals surface area contributed by atoms with Crippen LogP contribution in [0.1, 0.15) is 37.9 Å². The summed E-state index contributed by atoms with van der Waals surface area (Å²) in [6, 6.07) is 10.2. The number of rotatable bonds is 7. The number of sulfonamides is 1. The molecule has 2 heterocycles. The quantitative estimate of drug-likeness (QED) is 0.304. The van der Waals surface area contributed by atoms with Gasteiger partial charge in [0.15, 0.2) is 5.82 Å². The van der Waals surface area contributed by atoms with E-state index < -0.39 is 16.1 Å². The number of nitrogens with zero attached hydrogens (tertiary/aromatic N) is 3. The van der Waals surface area contributed by atoms with E-state index in [1.54, 1.807) is 25.1 Å². The molecular formula is C23H26IN5O5S. The fourth-order valence-electron chi connectivity index (χ4n) is 3.95. The summed E-state index contributed by atoms with van der Waals surface area (Å²) in [5.74, 6) is -0.000424. The van der Waals surface area contributed by atoms with Crippen LogP contribution >= 0.6 is 22.6 Å². The van der Waals surface area contributed by atoms with Crippen LogP contribution in [0.5, 0.6) is 0 Å². The lowest BCUT2D eigenvalue weighted by atomic mass is 10.1. The second kappa shape index (κ2) is 10.4. The van der Waals surface area contributed by atoms with Gasteiger partial charge in [0.25, 0.3) is 10.0 Å².